The Morgan fingerprint density at radius 3 is 2.03 bits per heavy atom. The molecule has 178 valence electrons. The van der Waals surface area contributed by atoms with Gasteiger partial charge < -0.3 is 15.3 Å². The van der Waals surface area contributed by atoms with Crippen molar-refractivity contribution in [2.45, 2.75) is 59.3 Å². The summed E-state index contributed by atoms with van der Waals surface area (Å²) in [6.45, 7) is 5.39. The number of hydrogen-bond donors (Lipinski definition) is 3. The molecule has 1 aromatic rings. The van der Waals surface area contributed by atoms with Crippen LogP contribution in [0.2, 0.25) is 0 Å². The highest BCUT2D eigenvalue weighted by Gasteiger charge is 2.20. The largest absolute Gasteiger partial charge is 0.478 e. The molecule has 33 heavy (non-hydrogen) atoms. The van der Waals surface area contributed by atoms with E-state index in [1.54, 1.807) is 6.08 Å². The monoisotopic (exact) mass is 454 g/mol. The highest BCUT2D eigenvalue weighted by molar-refractivity contribution is 5.91. The molecule has 6 nitrogen and oxygen atoms in total. The lowest BCUT2D eigenvalue weighted by atomic mass is 9.89. The Balaban J connectivity index is 3.68. The van der Waals surface area contributed by atoms with Gasteiger partial charge >= 0.3 is 17.9 Å². The van der Waals surface area contributed by atoms with Crippen molar-refractivity contribution < 1.29 is 29.7 Å². The fraction of sp³-hybridized carbons (Fsp3) is 0.370. The van der Waals surface area contributed by atoms with Crippen LogP contribution >= 0.6 is 0 Å². The van der Waals surface area contributed by atoms with E-state index in [-0.39, 0.29) is 16.7 Å². The first-order chi connectivity index (χ1) is 15.7. The fourth-order valence-electron chi connectivity index (χ4n) is 3.31. The lowest BCUT2D eigenvalue weighted by Gasteiger charge is -2.15. The molecule has 0 aliphatic heterocycles. The van der Waals surface area contributed by atoms with Crippen molar-refractivity contribution in [3.05, 3.63) is 76.4 Å². The molecule has 0 heterocycles. The van der Waals surface area contributed by atoms with E-state index >= 15 is 0 Å². The minimum atomic E-state index is -1.16. The Morgan fingerprint density at radius 2 is 1.52 bits per heavy atom. The first-order valence-corrected chi connectivity index (χ1v) is 11.3. The normalized spacial score (nSPS) is 14.2. The third-order valence-corrected chi connectivity index (χ3v) is 5.17. The maximum Gasteiger partial charge on any atom is 0.332 e. The van der Waals surface area contributed by atoms with Gasteiger partial charge in [0.15, 0.2) is 0 Å². The van der Waals surface area contributed by atoms with Crippen LogP contribution in [0.3, 0.4) is 0 Å². The summed E-state index contributed by atoms with van der Waals surface area (Å²) in [6, 6.07) is 9.23. The van der Waals surface area contributed by atoms with E-state index in [9.17, 15) is 29.7 Å². The quantitative estimate of drug-likeness (QED) is 0.231. The van der Waals surface area contributed by atoms with Crippen LogP contribution in [-0.2, 0) is 14.4 Å². The zero-order valence-corrected chi connectivity index (χ0v) is 19.6. The molecule has 0 fully saturated rings. The number of allylic oxidation sites excluding steroid dienone is 4. The second-order valence-electron chi connectivity index (χ2n) is 7.94. The summed E-state index contributed by atoms with van der Waals surface area (Å²) in [7, 11) is 0. The number of rotatable bonds is 14. The Labute approximate surface area is 195 Å². The lowest BCUT2D eigenvalue weighted by Crippen LogP contribution is -2.13. The number of carbonyl (C=O) groups is 3. The minimum Gasteiger partial charge on any atom is -0.478 e. The van der Waals surface area contributed by atoms with Crippen molar-refractivity contribution in [2.24, 2.45) is 5.92 Å². The van der Waals surface area contributed by atoms with Gasteiger partial charge in [0.2, 0.25) is 0 Å². The lowest BCUT2D eigenvalue weighted by molar-refractivity contribution is -0.134. The van der Waals surface area contributed by atoms with Crippen molar-refractivity contribution in [1.29, 1.82) is 0 Å². The van der Waals surface area contributed by atoms with Gasteiger partial charge in [-0.25, -0.2) is 14.4 Å². The molecule has 0 spiro atoms. The summed E-state index contributed by atoms with van der Waals surface area (Å²) in [5.41, 5.74) is 1.54. The topological polar surface area (TPSA) is 112 Å². The molecular weight excluding hydrogens is 420 g/mol. The smallest absolute Gasteiger partial charge is 0.332 e. The van der Waals surface area contributed by atoms with Gasteiger partial charge in [0.1, 0.15) is 0 Å². The SMILES string of the molecule is CCCCC(=CC(=Cc1ccccc1)C=C(C(=O)O)C(C=C(C)C(=O)O)CCCC)C(=O)O. The van der Waals surface area contributed by atoms with Crippen molar-refractivity contribution in [1.82, 2.24) is 0 Å². The first kappa shape index (κ1) is 27.6. The predicted molar refractivity (Wildman–Crippen MR) is 130 cm³/mol. The molecule has 1 atom stereocenters. The number of unbranched alkanes of at least 4 members (excludes halogenated alkanes) is 2. The maximum absolute atomic E-state index is 12.2. The number of hydrogen-bond acceptors (Lipinski definition) is 3. The molecule has 3 N–H and O–H groups in total. The second-order valence-corrected chi connectivity index (χ2v) is 7.94. The van der Waals surface area contributed by atoms with Crippen LogP contribution in [0.1, 0.15) is 64.9 Å². The average molecular weight is 455 g/mol. The van der Waals surface area contributed by atoms with Crippen LogP contribution in [0, 0.1) is 5.92 Å². The molecule has 0 bridgehead atoms. The van der Waals surface area contributed by atoms with Gasteiger partial charge in [-0.2, -0.15) is 0 Å². The van der Waals surface area contributed by atoms with E-state index in [0.717, 1.165) is 24.8 Å². The highest BCUT2D eigenvalue weighted by atomic mass is 16.4. The summed E-state index contributed by atoms with van der Waals surface area (Å²) < 4.78 is 0. The van der Waals surface area contributed by atoms with Gasteiger partial charge in [-0.1, -0.05) is 69.5 Å². The molecule has 1 aromatic carbocycles. The van der Waals surface area contributed by atoms with Crippen LogP contribution in [-0.4, -0.2) is 33.2 Å². The van der Waals surface area contributed by atoms with Crippen LogP contribution in [0.25, 0.3) is 6.08 Å². The molecular formula is C27H34O6. The number of benzene rings is 1. The summed E-state index contributed by atoms with van der Waals surface area (Å²) in [6.07, 6.45) is 10.1. The van der Waals surface area contributed by atoms with Crippen molar-refractivity contribution in [2.75, 3.05) is 0 Å². The number of carboxylic acid groups (broad SMARTS) is 3. The summed E-state index contributed by atoms with van der Waals surface area (Å²) >= 11 is 0. The molecule has 0 saturated heterocycles. The Morgan fingerprint density at radius 1 is 0.879 bits per heavy atom. The molecule has 6 heteroatoms. The zero-order valence-electron chi connectivity index (χ0n) is 19.6. The summed E-state index contributed by atoms with van der Waals surface area (Å²) in [5, 5.41) is 28.9. The van der Waals surface area contributed by atoms with Crippen LogP contribution in [0.4, 0.5) is 0 Å². The predicted octanol–water partition coefficient (Wildman–Crippen LogP) is 6.12. The molecule has 0 aromatic heterocycles. The van der Waals surface area contributed by atoms with E-state index in [1.807, 2.05) is 44.2 Å². The van der Waals surface area contributed by atoms with Gasteiger partial charge in [-0.15, -0.1) is 0 Å². The summed E-state index contributed by atoms with van der Waals surface area (Å²) in [5.74, 6) is -3.93. The van der Waals surface area contributed by atoms with Gasteiger partial charge in [0.05, 0.1) is 0 Å². The van der Waals surface area contributed by atoms with Gasteiger partial charge in [0.25, 0.3) is 0 Å². The fourth-order valence-corrected chi connectivity index (χ4v) is 3.31. The molecule has 1 rings (SSSR count). The van der Waals surface area contributed by atoms with Gasteiger partial charge in [0, 0.05) is 22.6 Å². The second kappa shape index (κ2) is 14.6. The summed E-state index contributed by atoms with van der Waals surface area (Å²) in [4.78, 5) is 35.4. The minimum absolute atomic E-state index is 0.0303. The Bertz CT molecular complexity index is 935. The van der Waals surface area contributed by atoms with Crippen LogP contribution in [0.5, 0.6) is 0 Å². The molecule has 1 unspecified atom stereocenters. The van der Waals surface area contributed by atoms with E-state index in [1.165, 1.54) is 25.2 Å². The van der Waals surface area contributed by atoms with Crippen molar-refractivity contribution in [3.63, 3.8) is 0 Å². The van der Waals surface area contributed by atoms with Crippen molar-refractivity contribution in [3.8, 4) is 0 Å². The molecule has 0 aliphatic carbocycles. The maximum atomic E-state index is 12.2. The van der Waals surface area contributed by atoms with E-state index in [2.05, 4.69) is 0 Å². The van der Waals surface area contributed by atoms with Crippen LogP contribution < -0.4 is 0 Å². The Hall–Kier alpha value is -3.41. The zero-order chi connectivity index (χ0) is 24.8. The van der Waals surface area contributed by atoms with E-state index in [0.29, 0.717) is 24.8 Å². The van der Waals surface area contributed by atoms with Crippen molar-refractivity contribution >= 4 is 24.0 Å². The standard InChI is InChI=1S/C27H34O6/c1-4-6-13-22(15-19(3)25(28)29)24(27(32)33)18-21(16-20-11-9-8-10-12-20)17-23(26(30)31)14-7-5-2/h8-12,15-18,22H,4-7,13-14H2,1-3H3,(H,28,29)(H,30,31)(H,32,33). The Kier molecular flexibility index (Phi) is 12.2. The molecule has 0 saturated carbocycles. The third-order valence-electron chi connectivity index (χ3n) is 5.17. The van der Waals surface area contributed by atoms with E-state index in [4.69, 9.17) is 0 Å². The number of aliphatic carboxylic acids is 3. The first-order valence-electron chi connectivity index (χ1n) is 11.3. The van der Waals surface area contributed by atoms with E-state index < -0.39 is 23.8 Å². The van der Waals surface area contributed by atoms with Gasteiger partial charge in [-0.05, 0) is 55.6 Å². The molecule has 0 radical (unpaired) electrons. The highest BCUT2D eigenvalue weighted by Crippen LogP contribution is 2.25. The molecule has 0 aliphatic rings. The van der Waals surface area contributed by atoms with Gasteiger partial charge in [-0.3, -0.25) is 0 Å². The van der Waals surface area contributed by atoms with Crippen LogP contribution in [0.15, 0.2) is 70.9 Å². The number of carboxylic acids is 3. The average Bonchev–Trinajstić information content (AvgIpc) is 2.77. The molecule has 0 amide bonds. The third kappa shape index (κ3) is 10.2.